The second-order valence-electron chi connectivity index (χ2n) is 7.88. The monoisotopic (exact) mass is 510 g/mol. The first-order chi connectivity index (χ1) is 16.9. The minimum absolute atomic E-state index is 0.0889. The number of ether oxygens (including phenoxy) is 2. The molecular weight excluding hydrogens is 488 g/mol. The number of rotatable bonds is 5. The molecule has 8 nitrogen and oxygen atoms in total. The maximum atomic E-state index is 13.2. The fraction of sp³-hybridized carbons (Fsp3) is 0.200. The zero-order valence-electron chi connectivity index (χ0n) is 18.6. The summed E-state index contributed by atoms with van der Waals surface area (Å²) in [4.78, 5) is 29.3. The number of benzene rings is 3. The van der Waals surface area contributed by atoms with Crippen molar-refractivity contribution in [3.8, 4) is 0 Å². The Kier molecular flexibility index (Phi) is 6.61. The van der Waals surface area contributed by atoms with Gasteiger partial charge >= 0.3 is 5.97 Å². The highest BCUT2D eigenvalue weighted by Crippen LogP contribution is 2.47. The fourth-order valence-corrected chi connectivity index (χ4v) is 6.41. The van der Waals surface area contributed by atoms with E-state index in [1.165, 1.54) is 28.6 Å². The number of nitrogens with zero attached hydrogens (tertiary/aromatic N) is 2. The third-order valence-corrected chi connectivity index (χ3v) is 8.75. The number of hydrogen-bond donors (Lipinski definition) is 0. The third-order valence-electron chi connectivity index (χ3n) is 5.71. The van der Waals surface area contributed by atoms with Gasteiger partial charge in [0, 0.05) is 22.9 Å². The lowest BCUT2D eigenvalue weighted by Gasteiger charge is -2.30. The highest BCUT2D eigenvalue weighted by Gasteiger charge is 2.29. The number of carbonyl (C=O) groups excluding carboxylic acids is 2. The largest absolute Gasteiger partial charge is 0.452 e. The summed E-state index contributed by atoms with van der Waals surface area (Å²) in [5, 5.41) is 0. The molecule has 0 aliphatic carbocycles. The molecule has 1 amide bonds. The number of fused-ring (bicyclic) bond motifs is 2. The molecule has 0 aromatic heterocycles. The van der Waals surface area contributed by atoms with Crippen molar-refractivity contribution < 1.29 is 27.5 Å². The van der Waals surface area contributed by atoms with Crippen LogP contribution >= 0.6 is 11.8 Å². The lowest BCUT2D eigenvalue weighted by molar-refractivity contribution is -0.121. The Morgan fingerprint density at radius 1 is 0.857 bits per heavy atom. The van der Waals surface area contributed by atoms with Crippen LogP contribution in [0.15, 0.2) is 87.5 Å². The molecule has 180 valence electrons. The Balaban J connectivity index is 1.29. The quantitative estimate of drug-likeness (QED) is 0.483. The molecule has 2 aliphatic heterocycles. The third kappa shape index (κ3) is 4.70. The van der Waals surface area contributed by atoms with Gasteiger partial charge in [-0.3, -0.25) is 9.69 Å². The number of morpholine rings is 1. The number of carbonyl (C=O) groups is 2. The molecule has 10 heteroatoms. The van der Waals surface area contributed by atoms with Crippen molar-refractivity contribution in [3.63, 3.8) is 0 Å². The molecule has 0 atom stereocenters. The molecule has 0 unspecified atom stereocenters. The van der Waals surface area contributed by atoms with Gasteiger partial charge in [-0.2, -0.15) is 4.31 Å². The van der Waals surface area contributed by atoms with Crippen LogP contribution in [0.4, 0.5) is 11.4 Å². The van der Waals surface area contributed by atoms with Crippen molar-refractivity contribution in [1.82, 2.24) is 4.31 Å². The Morgan fingerprint density at radius 3 is 2.03 bits per heavy atom. The molecule has 0 saturated carbocycles. The van der Waals surface area contributed by atoms with E-state index in [4.69, 9.17) is 9.47 Å². The van der Waals surface area contributed by atoms with E-state index in [1.807, 2.05) is 48.5 Å². The zero-order valence-corrected chi connectivity index (χ0v) is 20.3. The lowest BCUT2D eigenvalue weighted by atomic mass is 10.2. The number of esters is 1. The topological polar surface area (TPSA) is 93.2 Å². The predicted octanol–water partition coefficient (Wildman–Crippen LogP) is 3.69. The molecule has 5 rings (SSSR count). The Labute approximate surface area is 207 Å². The van der Waals surface area contributed by atoms with Gasteiger partial charge in [0.2, 0.25) is 10.0 Å². The first kappa shape index (κ1) is 23.6. The molecule has 1 fully saturated rings. The standard InChI is InChI=1S/C25H22N2O6S2/c28-24(27-20-5-1-3-7-22(20)34-23-8-4-2-6-21(23)27)17-33-25(29)18-9-11-19(12-10-18)35(30,31)26-13-15-32-16-14-26/h1-12H,13-17H2. The van der Waals surface area contributed by atoms with E-state index in [0.29, 0.717) is 13.2 Å². The minimum Gasteiger partial charge on any atom is -0.452 e. The van der Waals surface area contributed by atoms with Crippen LogP contribution in [-0.2, 0) is 24.3 Å². The molecule has 0 radical (unpaired) electrons. The van der Waals surface area contributed by atoms with Gasteiger partial charge in [0.15, 0.2) is 6.61 Å². The van der Waals surface area contributed by atoms with Crippen LogP contribution < -0.4 is 4.90 Å². The van der Waals surface area contributed by atoms with Crippen LogP contribution in [0.25, 0.3) is 0 Å². The fourth-order valence-electron chi connectivity index (χ4n) is 3.95. The number of anilines is 2. The Hall–Kier alpha value is -3.18. The summed E-state index contributed by atoms with van der Waals surface area (Å²) in [5.41, 5.74) is 1.62. The van der Waals surface area contributed by atoms with Crippen molar-refractivity contribution in [2.45, 2.75) is 14.7 Å². The van der Waals surface area contributed by atoms with Gasteiger partial charge in [-0.25, -0.2) is 13.2 Å². The van der Waals surface area contributed by atoms with Crippen molar-refractivity contribution >= 4 is 45.0 Å². The maximum absolute atomic E-state index is 13.2. The minimum atomic E-state index is -3.66. The van der Waals surface area contributed by atoms with Gasteiger partial charge in [0.25, 0.3) is 5.91 Å². The summed E-state index contributed by atoms with van der Waals surface area (Å²) >= 11 is 1.58. The van der Waals surface area contributed by atoms with Gasteiger partial charge in [0.1, 0.15) is 0 Å². The Morgan fingerprint density at radius 2 is 1.43 bits per heavy atom. The molecule has 35 heavy (non-hydrogen) atoms. The van der Waals surface area contributed by atoms with E-state index in [1.54, 1.807) is 16.7 Å². The highest BCUT2D eigenvalue weighted by atomic mass is 32.2. The van der Waals surface area contributed by atoms with Crippen LogP contribution in [0, 0.1) is 0 Å². The van der Waals surface area contributed by atoms with Gasteiger partial charge in [0.05, 0.1) is 35.0 Å². The maximum Gasteiger partial charge on any atom is 0.338 e. The number of amides is 1. The van der Waals surface area contributed by atoms with E-state index >= 15 is 0 Å². The van der Waals surface area contributed by atoms with Crippen molar-refractivity contribution in [3.05, 3.63) is 78.4 Å². The van der Waals surface area contributed by atoms with Crippen molar-refractivity contribution in [1.29, 1.82) is 0 Å². The van der Waals surface area contributed by atoms with Gasteiger partial charge in [-0.05, 0) is 48.5 Å². The summed E-state index contributed by atoms with van der Waals surface area (Å²) in [5.74, 6) is -1.09. The first-order valence-corrected chi connectivity index (χ1v) is 13.2. The first-order valence-electron chi connectivity index (χ1n) is 11.0. The van der Waals surface area contributed by atoms with Crippen LogP contribution in [0.1, 0.15) is 10.4 Å². The summed E-state index contributed by atoms with van der Waals surface area (Å²) in [6, 6.07) is 20.6. The summed E-state index contributed by atoms with van der Waals surface area (Å²) in [6.45, 7) is 0.815. The normalized spacial score (nSPS) is 15.7. The van der Waals surface area contributed by atoms with Gasteiger partial charge < -0.3 is 9.47 Å². The average Bonchev–Trinajstić information content (AvgIpc) is 2.90. The lowest BCUT2D eigenvalue weighted by Crippen LogP contribution is -2.40. The SMILES string of the molecule is O=C(OCC(=O)N1c2ccccc2Sc2ccccc21)c1ccc(S(=O)(=O)N2CCOCC2)cc1. The zero-order chi connectivity index (χ0) is 24.4. The van der Waals surface area contributed by atoms with E-state index in [2.05, 4.69) is 0 Å². The van der Waals surface area contributed by atoms with Crippen LogP contribution in [0.3, 0.4) is 0 Å². The average molecular weight is 511 g/mol. The molecule has 2 heterocycles. The summed E-state index contributed by atoms with van der Waals surface area (Å²) in [7, 11) is -3.66. The second-order valence-corrected chi connectivity index (χ2v) is 10.9. The van der Waals surface area contributed by atoms with E-state index in [0.717, 1.165) is 21.2 Å². The molecule has 0 N–H and O–H groups in total. The second kappa shape index (κ2) is 9.82. The molecule has 0 bridgehead atoms. The van der Waals surface area contributed by atoms with E-state index in [-0.39, 0.29) is 29.5 Å². The van der Waals surface area contributed by atoms with E-state index < -0.39 is 22.6 Å². The highest BCUT2D eigenvalue weighted by molar-refractivity contribution is 7.99. The van der Waals surface area contributed by atoms with Gasteiger partial charge in [-0.15, -0.1) is 0 Å². The van der Waals surface area contributed by atoms with E-state index in [9.17, 15) is 18.0 Å². The van der Waals surface area contributed by atoms with Crippen LogP contribution in [-0.4, -0.2) is 57.5 Å². The van der Waals surface area contributed by atoms with Crippen molar-refractivity contribution in [2.75, 3.05) is 37.8 Å². The molecule has 3 aromatic carbocycles. The number of para-hydroxylation sites is 2. The van der Waals surface area contributed by atoms with Gasteiger partial charge in [-0.1, -0.05) is 36.0 Å². The number of hydrogen-bond acceptors (Lipinski definition) is 7. The van der Waals surface area contributed by atoms with Crippen LogP contribution in [0.2, 0.25) is 0 Å². The molecule has 0 spiro atoms. The molecular formula is C25H22N2O6S2. The Bertz CT molecular complexity index is 1320. The van der Waals surface area contributed by atoms with Crippen molar-refractivity contribution in [2.24, 2.45) is 0 Å². The summed E-state index contributed by atoms with van der Waals surface area (Å²) < 4.78 is 37.4. The van der Waals surface area contributed by atoms with Crippen LogP contribution in [0.5, 0.6) is 0 Å². The number of sulfonamides is 1. The molecule has 2 aliphatic rings. The molecule has 3 aromatic rings. The predicted molar refractivity (Wildman–Crippen MR) is 130 cm³/mol. The smallest absolute Gasteiger partial charge is 0.338 e. The molecule has 1 saturated heterocycles. The summed E-state index contributed by atoms with van der Waals surface area (Å²) in [6.07, 6.45) is 0.